The number of hydrogen-bond acceptors (Lipinski definition) is 3. The molecule has 0 saturated carbocycles. The Labute approximate surface area is 141 Å². The van der Waals surface area contributed by atoms with Gasteiger partial charge in [-0.05, 0) is 50.5 Å². The van der Waals surface area contributed by atoms with Crippen LogP contribution in [0.15, 0.2) is 34.2 Å². The quantitative estimate of drug-likeness (QED) is 0.363. The molecule has 0 radical (unpaired) electrons. The van der Waals surface area contributed by atoms with Crippen LogP contribution in [0.3, 0.4) is 0 Å². The highest BCUT2D eigenvalue weighted by molar-refractivity contribution is 7.99. The van der Waals surface area contributed by atoms with Gasteiger partial charge in [0, 0.05) is 17.2 Å². The van der Waals surface area contributed by atoms with Crippen LogP contribution in [0.25, 0.3) is 0 Å². The number of aliphatic imine (C=N–C) groups is 1. The molecule has 0 aromatic heterocycles. The number of hydrogen-bond donors (Lipinski definition) is 2. The summed E-state index contributed by atoms with van der Waals surface area (Å²) < 4.78 is 18.7. The highest BCUT2D eigenvalue weighted by Crippen LogP contribution is 2.34. The molecule has 4 nitrogen and oxygen atoms in total. The number of rotatable bonds is 6. The Hall–Kier alpha value is -1.27. The summed E-state index contributed by atoms with van der Waals surface area (Å²) in [4.78, 5) is 5.71. The molecule has 0 amide bonds. The maximum Gasteiger partial charge on any atom is 0.191 e. The largest absolute Gasteiger partial charge is 0.373 e. The van der Waals surface area contributed by atoms with Crippen LogP contribution in [0.5, 0.6) is 0 Å². The van der Waals surface area contributed by atoms with Crippen molar-refractivity contribution in [3.63, 3.8) is 0 Å². The third-order valence-corrected chi connectivity index (χ3v) is 5.21. The normalized spacial score (nSPS) is 26.5. The lowest BCUT2D eigenvalue weighted by molar-refractivity contribution is 0.0992. The molecule has 2 N–H and O–H groups in total. The first kappa shape index (κ1) is 16.6. The van der Waals surface area contributed by atoms with E-state index in [2.05, 4.69) is 22.5 Å². The maximum absolute atomic E-state index is 12.9. The molecule has 3 rings (SSSR count). The summed E-state index contributed by atoms with van der Waals surface area (Å²) in [5, 5.41) is 6.81. The number of nitrogens with one attached hydrogen (secondary N) is 2. The summed E-state index contributed by atoms with van der Waals surface area (Å²) in [6, 6.07) is 6.98. The van der Waals surface area contributed by atoms with Crippen molar-refractivity contribution in [2.45, 2.75) is 49.3 Å². The van der Waals surface area contributed by atoms with Crippen molar-refractivity contribution in [1.82, 2.24) is 10.6 Å². The van der Waals surface area contributed by atoms with Crippen LogP contribution in [-0.2, 0) is 4.74 Å². The second kappa shape index (κ2) is 8.02. The molecule has 2 aliphatic rings. The van der Waals surface area contributed by atoms with Gasteiger partial charge in [-0.15, -0.1) is 11.8 Å². The molecular weight excluding hydrogens is 313 g/mol. The minimum Gasteiger partial charge on any atom is -0.373 e. The first-order valence-electron chi connectivity index (χ1n) is 8.33. The predicted molar refractivity (Wildman–Crippen MR) is 92.5 cm³/mol. The summed E-state index contributed by atoms with van der Waals surface area (Å²) >= 11 is 1.69. The van der Waals surface area contributed by atoms with Gasteiger partial charge in [-0.1, -0.05) is 0 Å². The Morgan fingerprint density at radius 2 is 2.17 bits per heavy atom. The Bertz CT molecular complexity index is 537. The SMILES string of the molecule is CCNC(=NCCSc1ccc(F)cc1)NC1CC2CCC1O2. The topological polar surface area (TPSA) is 45.7 Å². The molecule has 2 heterocycles. The van der Waals surface area contributed by atoms with E-state index >= 15 is 0 Å². The highest BCUT2D eigenvalue weighted by Gasteiger charge is 2.41. The van der Waals surface area contributed by atoms with Crippen molar-refractivity contribution < 1.29 is 9.13 Å². The van der Waals surface area contributed by atoms with Gasteiger partial charge in [0.05, 0.1) is 24.8 Å². The first-order chi connectivity index (χ1) is 11.2. The van der Waals surface area contributed by atoms with E-state index in [4.69, 9.17) is 4.74 Å². The van der Waals surface area contributed by atoms with Gasteiger partial charge in [0.15, 0.2) is 5.96 Å². The van der Waals surface area contributed by atoms with Crippen LogP contribution in [-0.4, -0.2) is 43.1 Å². The third-order valence-electron chi connectivity index (χ3n) is 4.22. The lowest BCUT2D eigenvalue weighted by Crippen LogP contribution is -2.47. The fraction of sp³-hybridized carbons (Fsp3) is 0.588. The van der Waals surface area contributed by atoms with Crippen LogP contribution < -0.4 is 10.6 Å². The summed E-state index contributed by atoms with van der Waals surface area (Å²) in [7, 11) is 0. The van der Waals surface area contributed by atoms with E-state index in [1.54, 1.807) is 23.9 Å². The van der Waals surface area contributed by atoms with Crippen LogP contribution in [0.2, 0.25) is 0 Å². The average Bonchev–Trinajstić information content (AvgIpc) is 3.16. The molecule has 1 aromatic carbocycles. The zero-order valence-corrected chi connectivity index (χ0v) is 14.2. The van der Waals surface area contributed by atoms with Gasteiger partial charge in [-0.25, -0.2) is 4.39 Å². The lowest BCUT2D eigenvalue weighted by atomic mass is 9.96. The van der Waals surface area contributed by atoms with Crippen LogP contribution in [0.1, 0.15) is 26.2 Å². The molecule has 0 aliphatic carbocycles. The molecule has 2 saturated heterocycles. The first-order valence-corrected chi connectivity index (χ1v) is 9.32. The molecule has 126 valence electrons. The Balaban J connectivity index is 1.45. The fourth-order valence-corrected chi connectivity index (χ4v) is 3.88. The van der Waals surface area contributed by atoms with Gasteiger partial charge >= 0.3 is 0 Å². The van der Waals surface area contributed by atoms with E-state index in [1.807, 2.05) is 0 Å². The van der Waals surface area contributed by atoms with Gasteiger partial charge in [0.2, 0.25) is 0 Å². The number of nitrogens with zero attached hydrogens (tertiary/aromatic N) is 1. The van der Waals surface area contributed by atoms with Crippen molar-refractivity contribution in [1.29, 1.82) is 0 Å². The summed E-state index contributed by atoms with van der Waals surface area (Å²) in [5.41, 5.74) is 0. The number of guanidine groups is 1. The Morgan fingerprint density at radius 3 is 2.83 bits per heavy atom. The number of benzene rings is 1. The second-order valence-electron chi connectivity index (χ2n) is 5.92. The molecule has 23 heavy (non-hydrogen) atoms. The number of ether oxygens (including phenoxy) is 1. The van der Waals surface area contributed by atoms with E-state index in [1.165, 1.54) is 18.6 Å². The number of fused-ring (bicyclic) bond motifs is 2. The van der Waals surface area contributed by atoms with E-state index in [0.29, 0.717) is 18.2 Å². The zero-order chi connectivity index (χ0) is 16.1. The molecule has 3 unspecified atom stereocenters. The molecule has 2 bridgehead atoms. The third kappa shape index (κ3) is 4.61. The molecule has 0 spiro atoms. The summed E-state index contributed by atoms with van der Waals surface area (Å²) in [6.07, 6.45) is 4.22. The van der Waals surface area contributed by atoms with Crippen molar-refractivity contribution in [3.8, 4) is 0 Å². The lowest BCUT2D eigenvalue weighted by Gasteiger charge is -2.22. The van der Waals surface area contributed by atoms with Crippen LogP contribution >= 0.6 is 11.8 Å². The van der Waals surface area contributed by atoms with E-state index < -0.39 is 0 Å². The Morgan fingerprint density at radius 1 is 1.35 bits per heavy atom. The van der Waals surface area contributed by atoms with Crippen LogP contribution in [0, 0.1) is 5.82 Å². The number of thioether (sulfide) groups is 1. The smallest absolute Gasteiger partial charge is 0.191 e. The summed E-state index contributed by atoms with van der Waals surface area (Å²) in [6.45, 7) is 3.64. The Kier molecular flexibility index (Phi) is 5.78. The van der Waals surface area contributed by atoms with Gasteiger partial charge in [-0.2, -0.15) is 0 Å². The van der Waals surface area contributed by atoms with Gasteiger partial charge in [0.1, 0.15) is 5.82 Å². The standard InChI is InChI=1S/C17H24FN3OS/c1-2-19-17(21-15-11-13-5-8-16(15)22-13)20-9-10-23-14-6-3-12(18)4-7-14/h3-4,6-7,13,15-16H,2,5,8-11H2,1H3,(H2,19,20,21). The highest BCUT2D eigenvalue weighted by atomic mass is 32.2. The van der Waals surface area contributed by atoms with Crippen molar-refractivity contribution in [2.24, 2.45) is 4.99 Å². The molecule has 2 aliphatic heterocycles. The minimum absolute atomic E-state index is 0.195. The predicted octanol–water partition coefficient (Wildman–Crippen LogP) is 2.79. The molecule has 6 heteroatoms. The molecule has 3 atom stereocenters. The summed E-state index contributed by atoms with van der Waals surface area (Å²) in [5.74, 6) is 1.54. The molecular formula is C17H24FN3OS. The fourth-order valence-electron chi connectivity index (χ4n) is 3.14. The van der Waals surface area contributed by atoms with Crippen molar-refractivity contribution in [3.05, 3.63) is 30.1 Å². The van der Waals surface area contributed by atoms with Crippen molar-refractivity contribution >= 4 is 17.7 Å². The van der Waals surface area contributed by atoms with E-state index in [9.17, 15) is 4.39 Å². The second-order valence-corrected chi connectivity index (χ2v) is 7.09. The van der Waals surface area contributed by atoms with Crippen LogP contribution in [0.4, 0.5) is 4.39 Å². The van der Waals surface area contributed by atoms with Gasteiger partial charge < -0.3 is 15.4 Å². The monoisotopic (exact) mass is 337 g/mol. The molecule has 1 aromatic rings. The maximum atomic E-state index is 12.9. The average molecular weight is 337 g/mol. The van der Waals surface area contributed by atoms with E-state index in [0.717, 1.165) is 42.5 Å². The zero-order valence-electron chi connectivity index (χ0n) is 13.4. The minimum atomic E-state index is -0.195. The van der Waals surface area contributed by atoms with E-state index in [-0.39, 0.29) is 5.82 Å². The van der Waals surface area contributed by atoms with Crippen molar-refractivity contribution in [2.75, 3.05) is 18.8 Å². The van der Waals surface area contributed by atoms with Gasteiger partial charge in [-0.3, -0.25) is 4.99 Å². The van der Waals surface area contributed by atoms with Gasteiger partial charge in [0.25, 0.3) is 0 Å². The molecule has 2 fully saturated rings. The number of halogens is 1.